The molecule has 0 aliphatic heterocycles. The van der Waals surface area contributed by atoms with E-state index in [1.165, 1.54) is 0 Å². The van der Waals surface area contributed by atoms with Crippen LogP contribution in [0, 0.1) is 11.3 Å². The molecule has 0 aromatic rings. The minimum Gasteiger partial charge on any atom is -0.396 e. The summed E-state index contributed by atoms with van der Waals surface area (Å²) < 4.78 is 0. The summed E-state index contributed by atoms with van der Waals surface area (Å²) in [4.78, 5) is 13.9. The number of rotatable bonds is 10. The van der Waals surface area contributed by atoms with Gasteiger partial charge in [0.15, 0.2) is 0 Å². The third kappa shape index (κ3) is 8.54. The molecule has 3 N–H and O–H groups in total. The van der Waals surface area contributed by atoms with Gasteiger partial charge in [0, 0.05) is 26.6 Å². The molecule has 4 heteroatoms. The predicted molar refractivity (Wildman–Crippen MR) is 84.4 cm³/mol. The molecule has 1 amide bonds. The molecular weight excluding hydrogens is 252 g/mol. The topological polar surface area (TPSA) is 66.6 Å². The molecular formula is C16H34N2O2. The third-order valence-corrected chi connectivity index (χ3v) is 4.02. The number of unbranched alkanes of at least 4 members (excludes halogenated alkanes) is 2. The molecule has 0 heterocycles. The maximum Gasteiger partial charge on any atom is 0.222 e. The van der Waals surface area contributed by atoms with E-state index in [2.05, 4.69) is 20.8 Å². The highest BCUT2D eigenvalue weighted by atomic mass is 16.2. The van der Waals surface area contributed by atoms with Gasteiger partial charge in [0.05, 0.1) is 0 Å². The second kappa shape index (κ2) is 10.2. The van der Waals surface area contributed by atoms with Gasteiger partial charge in [-0.15, -0.1) is 0 Å². The smallest absolute Gasteiger partial charge is 0.222 e. The lowest BCUT2D eigenvalue weighted by atomic mass is 9.76. The Balaban J connectivity index is 4.05. The van der Waals surface area contributed by atoms with Crippen molar-refractivity contribution in [3.05, 3.63) is 0 Å². The minimum absolute atomic E-state index is 0.208. The van der Waals surface area contributed by atoms with Crippen molar-refractivity contribution in [2.75, 3.05) is 26.7 Å². The molecule has 1 atom stereocenters. The van der Waals surface area contributed by atoms with Crippen LogP contribution in [-0.4, -0.2) is 42.7 Å². The summed E-state index contributed by atoms with van der Waals surface area (Å²) in [5, 5.41) is 8.72. The Morgan fingerprint density at radius 2 is 1.85 bits per heavy atom. The van der Waals surface area contributed by atoms with E-state index in [1.807, 2.05) is 11.9 Å². The monoisotopic (exact) mass is 286 g/mol. The van der Waals surface area contributed by atoms with Crippen molar-refractivity contribution in [1.82, 2.24) is 4.90 Å². The minimum atomic E-state index is 0.208. The second-order valence-electron chi connectivity index (χ2n) is 6.78. The molecule has 0 saturated heterocycles. The van der Waals surface area contributed by atoms with Gasteiger partial charge in [0.1, 0.15) is 0 Å². The first-order chi connectivity index (χ1) is 9.32. The van der Waals surface area contributed by atoms with Gasteiger partial charge in [-0.3, -0.25) is 4.79 Å². The molecule has 0 aromatic carbocycles. The molecule has 1 unspecified atom stereocenters. The molecule has 0 rings (SSSR count). The van der Waals surface area contributed by atoms with Gasteiger partial charge >= 0.3 is 0 Å². The number of nitrogens with two attached hydrogens (primary N) is 1. The molecule has 20 heavy (non-hydrogen) atoms. The van der Waals surface area contributed by atoms with Crippen molar-refractivity contribution < 1.29 is 9.90 Å². The van der Waals surface area contributed by atoms with Crippen molar-refractivity contribution in [1.29, 1.82) is 0 Å². The average Bonchev–Trinajstić information content (AvgIpc) is 2.37. The van der Waals surface area contributed by atoms with Crippen molar-refractivity contribution in [2.45, 2.75) is 59.3 Å². The van der Waals surface area contributed by atoms with Crippen LogP contribution < -0.4 is 5.73 Å². The van der Waals surface area contributed by atoms with Gasteiger partial charge in [-0.2, -0.15) is 0 Å². The van der Waals surface area contributed by atoms with Crippen molar-refractivity contribution in [3.63, 3.8) is 0 Å². The number of hydrogen-bond acceptors (Lipinski definition) is 3. The van der Waals surface area contributed by atoms with E-state index in [0.29, 0.717) is 18.9 Å². The van der Waals surface area contributed by atoms with Crippen LogP contribution in [0.15, 0.2) is 0 Å². The molecule has 0 saturated carbocycles. The number of aliphatic hydroxyl groups is 1. The molecule has 0 bridgehead atoms. The number of carbonyl (C=O) groups excluding carboxylic acids is 1. The fourth-order valence-corrected chi connectivity index (χ4v) is 2.46. The summed E-state index contributed by atoms with van der Waals surface area (Å²) >= 11 is 0. The van der Waals surface area contributed by atoms with Gasteiger partial charge in [0.25, 0.3) is 0 Å². The summed E-state index contributed by atoms with van der Waals surface area (Å²) in [6.45, 7) is 8.37. The number of hydrogen-bond donors (Lipinski definition) is 2. The lowest BCUT2D eigenvalue weighted by molar-refractivity contribution is -0.130. The van der Waals surface area contributed by atoms with Crippen LogP contribution >= 0.6 is 0 Å². The average molecular weight is 286 g/mol. The van der Waals surface area contributed by atoms with Gasteiger partial charge < -0.3 is 15.7 Å². The Labute approximate surface area is 124 Å². The number of amides is 1. The Kier molecular flexibility index (Phi) is 9.86. The molecule has 0 spiro atoms. The van der Waals surface area contributed by atoms with Crippen LogP contribution in [0.1, 0.15) is 59.3 Å². The summed E-state index contributed by atoms with van der Waals surface area (Å²) in [5.74, 6) is 0.722. The summed E-state index contributed by atoms with van der Waals surface area (Å²) in [6, 6.07) is 0. The predicted octanol–water partition coefficient (Wildman–Crippen LogP) is 2.40. The van der Waals surface area contributed by atoms with Gasteiger partial charge in [-0.1, -0.05) is 20.8 Å². The molecule has 0 aliphatic carbocycles. The Bertz CT molecular complexity index is 262. The SMILES string of the molecule is CN(CCCCCO)C(=O)CCC(CCN)C(C)(C)C. The van der Waals surface area contributed by atoms with Crippen LogP contribution in [0.5, 0.6) is 0 Å². The van der Waals surface area contributed by atoms with Crippen LogP contribution in [0.2, 0.25) is 0 Å². The number of aliphatic hydroxyl groups excluding tert-OH is 1. The molecule has 0 fully saturated rings. The molecule has 120 valence electrons. The maximum atomic E-state index is 12.1. The zero-order valence-corrected chi connectivity index (χ0v) is 13.8. The quantitative estimate of drug-likeness (QED) is 0.606. The van der Waals surface area contributed by atoms with E-state index < -0.39 is 0 Å². The van der Waals surface area contributed by atoms with Crippen LogP contribution in [0.3, 0.4) is 0 Å². The van der Waals surface area contributed by atoms with E-state index in [4.69, 9.17) is 10.8 Å². The second-order valence-corrected chi connectivity index (χ2v) is 6.78. The zero-order valence-electron chi connectivity index (χ0n) is 13.8. The van der Waals surface area contributed by atoms with Gasteiger partial charge in [0.2, 0.25) is 5.91 Å². The first-order valence-electron chi connectivity index (χ1n) is 7.87. The lowest BCUT2D eigenvalue weighted by Gasteiger charge is -2.31. The van der Waals surface area contributed by atoms with Gasteiger partial charge in [-0.05, 0) is 50.0 Å². The Morgan fingerprint density at radius 1 is 1.20 bits per heavy atom. The van der Waals surface area contributed by atoms with E-state index in [1.54, 1.807) is 0 Å². The molecule has 0 aromatic heterocycles. The van der Waals surface area contributed by atoms with E-state index in [9.17, 15) is 4.79 Å². The van der Waals surface area contributed by atoms with Crippen LogP contribution in [0.4, 0.5) is 0 Å². The van der Waals surface area contributed by atoms with Crippen molar-refractivity contribution in [3.8, 4) is 0 Å². The summed E-state index contributed by atoms with van der Waals surface area (Å²) in [6.07, 6.45) is 5.28. The molecule has 4 nitrogen and oxygen atoms in total. The van der Waals surface area contributed by atoms with Crippen molar-refractivity contribution >= 4 is 5.91 Å². The maximum absolute atomic E-state index is 12.1. The summed E-state index contributed by atoms with van der Waals surface area (Å²) in [7, 11) is 1.87. The zero-order chi connectivity index (χ0) is 15.6. The summed E-state index contributed by atoms with van der Waals surface area (Å²) in [5.41, 5.74) is 5.88. The largest absolute Gasteiger partial charge is 0.396 e. The highest BCUT2D eigenvalue weighted by molar-refractivity contribution is 5.75. The third-order valence-electron chi connectivity index (χ3n) is 4.02. The lowest BCUT2D eigenvalue weighted by Crippen LogP contribution is -2.30. The van der Waals surface area contributed by atoms with Gasteiger partial charge in [-0.25, -0.2) is 0 Å². The molecule has 0 radical (unpaired) electrons. The van der Waals surface area contributed by atoms with Crippen LogP contribution in [0.25, 0.3) is 0 Å². The number of carbonyl (C=O) groups is 1. The first-order valence-corrected chi connectivity index (χ1v) is 7.87. The standard InChI is InChI=1S/C16H34N2O2/c1-16(2,3)14(10-11-17)8-9-15(20)18(4)12-6-5-7-13-19/h14,19H,5-13,17H2,1-4H3. The van der Waals surface area contributed by atoms with Crippen LogP contribution in [-0.2, 0) is 4.79 Å². The van der Waals surface area contributed by atoms with E-state index >= 15 is 0 Å². The highest BCUT2D eigenvalue weighted by Gasteiger charge is 2.24. The fraction of sp³-hybridized carbons (Fsp3) is 0.938. The van der Waals surface area contributed by atoms with E-state index in [-0.39, 0.29) is 17.9 Å². The first kappa shape index (κ1) is 19.4. The molecule has 0 aliphatic rings. The Morgan fingerprint density at radius 3 is 2.35 bits per heavy atom. The van der Waals surface area contributed by atoms with E-state index in [0.717, 1.165) is 38.6 Å². The number of nitrogens with zero attached hydrogens (tertiary/aromatic N) is 1. The van der Waals surface area contributed by atoms with Crippen molar-refractivity contribution in [2.24, 2.45) is 17.1 Å². The Hall–Kier alpha value is -0.610. The normalized spacial score (nSPS) is 13.3. The fourth-order valence-electron chi connectivity index (χ4n) is 2.46. The highest BCUT2D eigenvalue weighted by Crippen LogP contribution is 2.32.